The van der Waals surface area contributed by atoms with E-state index in [0.29, 0.717) is 11.5 Å². The van der Waals surface area contributed by atoms with Gasteiger partial charge >= 0.3 is 0 Å². The molecule has 0 bridgehead atoms. The van der Waals surface area contributed by atoms with E-state index in [1.807, 2.05) is 24.3 Å². The van der Waals surface area contributed by atoms with Crippen LogP contribution in [0.15, 0.2) is 29.4 Å². The van der Waals surface area contributed by atoms with Gasteiger partial charge in [-0.15, -0.1) is 0 Å². The van der Waals surface area contributed by atoms with E-state index < -0.39 is 0 Å². The molecule has 3 heteroatoms. The first kappa shape index (κ1) is 15.7. The van der Waals surface area contributed by atoms with E-state index >= 15 is 0 Å². The van der Waals surface area contributed by atoms with Crippen molar-refractivity contribution in [1.29, 1.82) is 0 Å². The molecule has 0 aliphatic heterocycles. The van der Waals surface area contributed by atoms with Crippen LogP contribution >= 0.6 is 0 Å². The number of hydrazone groups is 1. The van der Waals surface area contributed by atoms with Crippen molar-refractivity contribution in [2.45, 2.75) is 58.8 Å². The first-order valence-electron chi connectivity index (χ1n) is 7.85. The molecule has 1 aromatic carbocycles. The molecule has 1 amide bonds. The molecule has 1 atom stereocenters. The number of amides is 1. The average Bonchev–Trinajstić information content (AvgIpc) is 2.45. The first-order chi connectivity index (χ1) is 9.88. The van der Waals surface area contributed by atoms with Gasteiger partial charge in [0.05, 0.1) is 0 Å². The van der Waals surface area contributed by atoms with Crippen molar-refractivity contribution in [2.24, 2.45) is 11.0 Å². The molecule has 1 N–H and O–H groups in total. The van der Waals surface area contributed by atoms with Crippen LogP contribution in [0.1, 0.15) is 69.3 Å². The van der Waals surface area contributed by atoms with Gasteiger partial charge < -0.3 is 0 Å². The third kappa shape index (κ3) is 4.16. The van der Waals surface area contributed by atoms with Gasteiger partial charge in [-0.05, 0) is 48.3 Å². The van der Waals surface area contributed by atoms with Crippen LogP contribution in [0, 0.1) is 5.92 Å². The molecule has 1 unspecified atom stereocenters. The van der Waals surface area contributed by atoms with Gasteiger partial charge in [0.1, 0.15) is 0 Å². The highest BCUT2D eigenvalue weighted by Crippen LogP contribution is 2.22. The largest absolute Gasteiger partial charge is 0.271 e. The van der Waals surface area contributed by atoms with Crippen molar-refractivity contribution in [2.75, 3.05) is 0 Å². The van der Waals surface area contributed by atoms with Gasteiger partial charge in [-0.2, -0.15) is 5.10 Å². The average molecular weight is 286 g/mol. The Hall–Kier alpha value is -1.64. The summed E-state index contributed by atoms with van der Waals surface area (Å²) < 4.78 is 0. The number of hydrogen-bond donors (Lipinski definition) is 1. The van der Waals surface area contributed by atoms with Crippen LogP contribution in [0.25, 0.3) is 0 Å². The Kier molecular flexibility index (Phi) is 4.81. The minimum Gasteiger partial charge on any atom is -0.267 e. The SMILES string of the molecule is CC1CCCCC1=NNC(=O)c1ccc(C(C)(C)C)cc1. The first-order valence-corrected chi connectivity index (χ1v) is 7.85. The molecule has 2 rings (SSSR count). The molecule has 1 aliphatic carbocycles. The molecule has 114 valence electrons. The Morgan fingerprint density at radius 2 is 1.86 bits per heavy atom. The minimum atomic E-state index is -0.124. The van der Waals surface area contributed by atoms with E-state index in [-0.39, 0.29) is 11.3 Å². The number of carbonyl (C=O) groups is 1. The fourth-order valence-electron chi connectivity index (χ4n) is 2.64. The molecule has 1 saturated carbocycles. The summed E-state index contributed by atoms with van der Waals surface area (Å²) in [6.45, 7) is 8.68. The van der Waals surface area contributed by atoms with Crippen molar-refractivity contribution < 1.29 is 4.79 Å². The van der Waals surface area contributed by atoms with Crippen molar-refractivity contribution in [3.8, 4) is 0 Å². The highest BCUT2D eigenvalue weighted by Gasteiger charge is 2.17. The molecule has 0 aromatic heterocycles. The second-order valence-electron chi connectivity index (χ2n) is 7.02. The lowest BCUT2D eigenvalue weighted by atomic mass is 9.87. The lowest BCUT2D eigenvalue weighted by Gasteiger charge is -2.20. The van der Waals surface area contributed by atoms with E-state index in [9.17, 15) is 4.79 Å². The Balaban J connectivity index is 2.02. The quantitative estimate of drug-likeness (QED) is 0.810. The monoisotopic (exact) mass is 286 g/mol. The lowest BCUT2D eigenvalue weighted by molar-refractivity contribution is 0.0954. The zero-order valence-electron chi connectivity index (χ0n) is 13.6. The summed E-state index contributed by atoms with van der Waals surface area (Å²) in [6.07, 6.45) is 4.63. The Bertz CT molecular complexity index is 523. The second-order valence-corrected chi connectivity index (χ2v) is 7.02. The number of benzene rings is 1. The van der Waals surface area contributed by atoms with Gasteiger partial charge in [0.2, 0.25) is 0 Å². The molecule has 21 heavy (non-hydrogen) atoms. The Morgan fingerprint density at radius 3 is 2.43 bits per heavy atom. The molecule has 1 fully saturated rings. The highest BCUT2D eigenvalue weighted by molar-refractivity contribution is 5.95. The fraction of sp³-hybridized carbons (Fsp3) is 0.556. The van der Waals surface area contributed by atoms with Gasteiger partial charge in [0.25, 0.3) is 5.91 Å². The minimum absolute atomic E-state index is 0.104. The number of nitrogens with one attached hydrogen (secondary N) is 1. The number of hydrogen-bond acceptors (Lipinski definition) is 2. The number of rotatable bonds is 2. The Labute approximate surface area is 127 Å². The molecule has 0 radical (unpaired) electrons. The zero-order chi connectivity index (χ0) is 15.5. The topological polar surface area (TPSA) is 41.5 Å². The van der Waals surface area contributed by atoms with Crippen LogP contribution in [0.2, 0.25) is 0 Å². The molecular weight excluding hydrogens is 260 g/mol. The predicted octanol–water partition coefficient (Wildman–Crippen LogP) is 4.28. The van der Waals surface area contributed by atoms with Crippen LogP contribution in [0.4, 0.5) is 0 Å². The molecule has 3 nitrogen and oxygen atoms in total. The van der Waals surface area contributed by atoms with E-state index in [1.165, 1.54) is 24.8 Å². The summed E-state index contributed by atoms with van der Waals surface area (Å²) >= 11 is 0. The van der Waals surface area contributed by atoms with Gasteiger partial charge in [-0.3, -0.25) is 4.79 Å². The second kappa shape index (κ2) is 6.42. The van der Waals surface area contributed by atoms with E-state index in [1.54, 1.807) is 0 Å². The Morgan fingerprint density at radius 1 is 1.19 bits per heavy atom. The van der Waals surface area contributed by atoms with E-state index in [0.717, 1.165) is 12.1 Å². The maximum absolute atomic E-state index is 12.1. The number of nitrogens with zero attached hydrogens (tertiary/aromatic N) is 1. The third-order valence-electron chi connectivity index (χ3n) is 4.20. The van der Waals surface area contributed by atoms with Gasteiger partial charge in [-0.25, -0.2) is 5.43 Å². The summed E-state index contributed by atoms with van der Waals surface area (Å²) in [6, 6.07) is 7.79. The van der Waals surface area contributed by atoms with Crippen molar-refractivity contribution in [3.63, 3.8) is 0 Å². The molecule has 0 saturated heterocycles. The molecule has 0 spiro atoms. The fourth-order valence-corrected chi connectivity index (χ4v) is 2.64. The zero-order valence-corrected chi connectivity index (χ0v) is 13.6. The van der Waals surface area contributed by atoms with Crippen molar-refractivity contribution in [1.82, 2.24) is 5.43 Å². The normalized spacial score (nSPS) is 21.3. The standard InChI is InChI=1S/C18H26N2O/c1-13-7-5-6-8-16(13)19-20-17(21)14-9-11-15(12-10-14)18(2,3)4/h9-13H,5-8H2,1-4H3,(H,20,21). The summed E-state index contributed by atoms with van der Waals surface area (Å²) in [5, 5.41) is 4.33. The predicted molar refractivity (Wildman–Crippen MR) is 87.7 cm³/mol. The van der Waals surface area contributed by atoms with Crippen LogP contribution < -0.4 is 5.43 Å². The van der Waals surface area contributed by atoms with Crippen LogP contribution in [0.5, 0.6) is 0 Å². The van der Waals surface area contributed by atoms with E-state index in [2.05, 4.69) is 38.2 Å². The van der Waals surface area contributed by atoms with Crippen molar-refractivity contribution >= 4 is 11.6 Å². The molecular formula is C18H26N2O. The lowest BCUT2D eigenvalue weighted by Crippen LogP contribution is -2.24. The van der Waals surface area contributed by atoms with E-state index in [4.69, 9.17) is 0 Å². The van der Waals surface area contributed by atoms with Gasteiger partial charge in [0.15, 0.2) is 0 Å². The summed E-state index contributed by atoms with van der Waals surface area (Å²) in [5.74, 6) is 0.364. The third-order valence-corrected chi connectivity index (χ3v) is 4.20. The molecule has 1 aliphatic rings. The summed E-state index contributed by atoms with van der Waals surface area (Å²) in [5.41, 5.74) is 5.83. The highest BCUT2D eigenvalue weighted by atomic mass is 16.2. The van der Waals surface area contributed by atoms with Crippen LogP contribution in [0.3, 0.4) is 0 Å². The molecule has 0 heterocycles. The number of carbonyl (C=O) groups excluding carboxylic acids is 1. The van der Waals surface area contributed by atoms with Crippen LogP contribution in [-0.4, -0.2) is 11.6 Å². The maximum atomic E-state index is 12.1. The molecule has 1 aromatic rings. The van der Waals surface area contributed by atoms with Crippen molar-refractivity contribution in [3.05, 3.63) is 35.4 Å². The van der Waals surface area contributed by atoms with Gasteiger partial charge in [0, 0.05) is 11.3 Å². The van der Waals surface area contributed by atoms with Crippen LogP contribution in [-0.2, 0) is 5.41 Å². The maximum Gasteiger partial charge on any atom is 0.271 e. The summed E-state index contributed by atoms with van der Waals surface area (Å²) in [7, 11) is 0. The smallest absolute Gasteiger partial charge is 0.267 e. The van der Waals surface area contributed by atoms with Gasteiger partial charge in [-0.1, -0.05) is 46.2 Å². The summed E-state index contributed by atoms with van der Waals surface area (Å²) in [4.78, 5) is 12.1.